The highest BCUT2D eigenvalue weighted by atomic mass is 14.6. The van der Waals surface area contributed by atoms with Gasteiger partial charge in [-0.25, -0.2) is 0 Å². The molecule has 1 heteroatoms. The molecule has 0 aromatic heterocycles. The van der Waals surface area contributed by atoms with Crippen molar-refractivity contribution >= 4 is 10.8 Å². The van der Waals surface area contributed by atoms with Crippen LogP contribution in [0.5, 0.6) is 0 Å². The van der Waals surface area contributed by atoms with Crippen molar-refractivity contribution in [3.63, 3.8) is 0 Å². The topological polar surface area (TPSA) is 26.0 Å². The summed E-state index contributed by atoms with van der Waals surface area (Å²) in [5.41, 5.74) is 13.2. The van der Waals surface area contributed by atoms with Gasteiger partial charge in [0.15, 0.2) is 0 Å². The van der Waals surface area contributed by atoms with E-state index in [4.69, 9.17) is 5.73 Å². The van der Waals surface area contributed by atoms with E-state index in [2.05, 4.69) is 61.5 Å². The smallest absolute Gasteiger partial charge is 0.0557 e. The molecule has 21 heavy (non-hydrogen) atoms. The second-order valence-electron chi connectivity index (χ2n) is 6.05. The molecule has 1 nitrogen and oxygen atoms in total. The van der Waals surface area contributed by atoms with Gasteiger partial charge in [-0.15, -0.1) is 0 Å². The summed E-state index contributed by atoms with van der Waals surface area (Å²) < 4.78 is 0. The van der Waals surface area contributed by atoms with Crippen LogP contribution < -0.4 is 5.73 Å². The lowest BCUT2D eigenvalue weighted by molar-refractivity contribution is 0.878. The van der Waals surface area contributed by atoms with Crippen LogP contribution in [-0.4, -0.2) is 0 Å². The lowest BCUT2D eigenvalue weighted by Crippen LogP contribution is -2.12. The quantitative estimate of drug-likeness (QED) is 0.740. The summed E-state index contributed by atoms with van der Waals surface area (Å²) in [5, 5.41) is 2.77. The molecule has 0 saturated heterocycles. The van der Waals surface area contributed by atoms with Gasteiger partial charge in [0.05, 0.1) is 6.04 Å². The Kier molecular flexibility index (Phi) is 2.83. The fourth-order valence-electron chi connectivity index (χ4n) is 3.58. The maximum Gasteiger partial charge on any atom is 0.0557 e. The van der Waals surface area contributed by atoms with Crippen LogP contribution in [0.2, 0.25) is 0 Å². The first kappa shape index (κ1) is 12.6. The molecule has 104 valence electrons. The van der Waals surface area contributed by atoms with Crippen LogP contribution >= 0.6 is 0 Å². The van der Waals surface area contributed by atoms with Crippen molar-refractivity contribution in [1.82, 2.24) is 0 Å². The second kappa shape index (κ2) is 4.71. The van der Waals surface area contributed by atoms with E-state index in [0.29, 0.717) is 0 Å². The van der Waals surface area contributed by atoms with Gasteiger partial charge in [0.2, 0.25) is 0 Å². The van der Waals surface area contributed by atoms with E-state index in [0.717, 1.165) is 12.8 Å². The van der Waals surface area contributed by atoms with E-state index >= 15 is 0 Å². The highest BCUT2D eigenvalue weighted by Gasteiger charge is 2.19. The Hall–Kier alpha value is -2.12. The molecule has 0 spiro atoms. The normalized spacial score (nSPS) is 14.6. The largest absolute Gasteiger partial charge is 0.320 e. The summed E-state index contributed by atoms with van der Waals surface area (Å²) in [6, 6.07) is 19.6. The van der Waals surface area contributed by atoms with Crippen LogP contribution in [0.4, 0.5) is 0 Å². The van der Waals surface area contributed by atoms with Gasteiger partial charge in [0.25, 0.3) is 0 Å². The highest BCUT2D eigenvalue weighted by Crippen LogP contribution is 2.35. The maximum atomic E-state index is 6.57. The summed E-state index contributed by atoms with van der Waals surface area (Å²) in [7, 11) is 0. The molecule has 0 aliphatic heterocycles. The van der Waals surface area contributed by atoms with Crippen molar-refractivity contribution in [3.05, 3.63) is 82.4 Å². The van der Waals surface area contributed by atoms with Gasteiger partial charge in [-0.1, -0.05) is 60.2 Å². The van der Waals surface area contributed by atoms with Crippen molar-refractivity contribution in [1.29, 1.82) is 0 Å². The van der Waals surface area contributed by atoms with Crippen LogP contribution in [0.1, 0.15) is 33.9 Å². The summed E-state index contributed by atoms with van der Waals surface area (Å²) in [5.74, 6) is 0. The number of hydrogen-bond acceptors (Lipinski definition) is 1. The van der Waals surface area contributed by atoms with Gasteiger partial charge in [-0.05, 0) is 52.8 Å². The Morgan fingerprint density at radius 1 is 0.905 bits per heavy atom. The predicted octanol–water partition coefficient (Wildman–Crippen LogP) is 4.29. The molecule has 3 aromatic carbocycles. The lowest BCUT2D eigenvalue weighted by atomic mass is 9.92. The van der Waals surface area contributed by atoms with Crippen molar-refractivity contribution in [3.8, 4) is 0 Å². The minimum absolute atomic E-state index is 0.0604. The Labute approximate surface area is 125 Å². The highest BCUT2D eigenvalue weighted by molar-refractivity contribution is 5.93. The molecule has 4 rings (SSSR count). The van der Waals surface area contributed by atoms with Crippen molar-refractivity contribution in [2.24, 2.45) is 5.73 Å². The zero-order chi connectivity index (χ0) is 14.4. The molecular weight excluding hydrogens is 254 g/mol. The van der Waals surface area contributed by atoms with E-state index < -0.39 is 0 Å². The number of nitrogens with two attached hydrogens (primary N) is 1. The third-order valence-corrected chi connectivity index (χ3v) is 4.65. The molecule has 1 atom stereocenters. The molecule has 0 saturated carbocycles. The molecule has 0 bridgehead atoms. The van der Waals surface area contributed by atoms with Gasteiger partial charge in [-0.2, -0.15) is 0 Å². The Bertz CT molecular complexity index is 822. The molecule has 3 aromatic rings. The van der Waals surface area contributed by atoms with E-state index in [-0.39, 0.29) is 6.04 Å². The standard InChI is InChI=1S/C20H19N/c1-13-4-2-6-16(12-13)20(21)18-11-10-15-9-8-14-5-3-7-17(18)19(14)15/h2-7,10-12,20H,8-9,21H2,1H3. The molecule has 1 aliphatic carbocycles. The molecule has 0 radical (unpaired) electrons. The fourth-order valence-corrected chi connectivity index (χ4v) is 3.58. The van der Waals surface area contributed by atoms with Crippen LogP contribution in [0.15, 0.2) is 54.6 Å². The number of rotatable bonds is 2. The number of hydrogen-bond donors (Lipinski definition) is 1. The molecule has 0 fully saturated rings. The predicted molar refractivity (Wildman–Crippen MR) is 88.6 cm³/mol. The zero-order valence-electron chi connectivity index (χ0n) is 12.3. The Morgan fingerprint density at radius 3 is 2.48 bits per heavy atom. The van der Waals surface area contributed by atoms with Crippen LogP contribution in [0.3, 0.4) is 0 Å². The Morgan fingerprint density at radius 2 is 1.67 bits per heavy atom. The van der Waals surface area contributed by atoms with Crippen LogP contribution in [-0.2, 0) is 12.8 Å². The molecule has 1 aliphatic rings. The summed E-state index contributed by atoms with van der Waals surface area (Å²) in [6.45, 7) is 2.11. The summed E-state index contributed by atoms with van der Waals surface area (Å²) >= 11 is 0. The first-order valence-corrected chi connectivity index (χ1v) is 7.59. The summed E-state index contributed by atoms with van der Waals surface area (Å²) in [4.78, 5) is 0. The lowest BCUT2D eigenvalue weighted by Gasteiger charge is -2.17. The third kappa shape index (κ3) is 1.97. The van der Waals surface area contributed by atoms with Crippen molar-refractivity contribution in [2.45, 2.75) is 25.8 Å². The number of benzene rings is 3. The second-order valence-corrected chi connectivity index (χ2v) is 6.05. The van der Waals surface area contributed by atoms with Gasteiger partial charge >= 0.3 is 0 Å². The molecular formula is C20H19N. The molecule has 0 amide bonds. The molecule has 1 unspecified atom stereocenters. The Balaban J connectivity index is 1.92. The van der Waals surface area contributed by atoms with E-state index in [1.54, 1.807) is 0 Å². The van der Waals surface area contributed by atoms with Crippen molar-refractivity contribution < 1.29 is 0 Å². The first-order valence-electron chi connectivity index (χ1n) is 7.59. The van der Waals surface area contributed by atoms with Gasteiger partial charge in [-0.3, -0.25) is 0 Å². The average Bonchev–Trinajstić information content (AvgIpc) is 2.92. The maximum absolute atomic E-state index is 6.57. The minimum Gasteiger partial charge on any atom is -0.320 e. The minimum atomic E-state index is -0.0604. The molecule has 0 heterocycles. The van der Waals surface area contributed by atoms with E-state index in [1.807, 2.05) is 0 Å². The van der Waals surface area contributed by atoms with Gasteiger partial charge in [0.1, 0.15) is 0 Å². The van der Waals surface area contributed by atoms with E-state index in [1.165, 1.54) is 38.6 Å². The average molecular weight is 273 g/mol. The van der Waals surface area contributed by atoms with Crippen molar-refractivity contribution in [2.75, 3.05) is 0 Å². The SMILES string of the molecule is Cc1cccc(C(N)c2ccc3c4c(cccc24)CC3)c1. The zero-order valence-corrected chi connectivity index (χ0v) is 12.3. The van der Waals surface area contributed by atoms with Gasteiger partial charge in [0, 0.05) is 0 Å². The van der Waals surface area contributed by atoms with Crippen LogP contribution in [0, 0.1) is 6.92 Å². The third-order valence-electron chi connectivity index (χ3n) is 4.65. The van der Waals surface area contributed by atoms with Crippen LogP contribution in [0.25, 0.3) is 10.8 Å². The monoisotopic (exact) mass is 273 g/mol. The fraction of sp³-hybridized carbons (Fsp3) is 0.200. The molecule has 2 N–H and O–H groups in total. The summed E-state index contributed by atoms with van der Waals surface area (Å²) in [6.07, 6.45) is 2.33. The van der Waals surface area contributed by atoms with Gasteiger partial charge < -0.3 is 5.73 Å². The van der Waals surface area contributed by atoms with E-state index in [9.17, 15) is 0 Å². The first-order chi connectivity index (χ1) is 10.2. The number of aryl methyl sites for hydroxylation is 3.